The Hall–Kier alpha value is -0.520. The molecule has 0 aliphatic heterocycles. The second kappa shape index (κ2) is 5.01. The van der Waals surface area contributed by atoms with Crippen molar-refractivity contribution in [1.29, 1.82) is 0 Å². The smallest absolute Gasteiger partial charge is 0.134 e. The van der Waals surface area contributed by atoms with Crippen molar-refractivity contribution in [3.05, 3.63) is 39.1 Å². The molecule has 0 fully saturated rings. The Labute approximate surface area is 105 Å². The molecule has 2 nitrogen and oxygen atoms in total. The Bertz CT molecular complexity index is 439. The lowest BCUT2D eigenvalue weighted by molar-refractivity contribution is 1.27. The van der Waals surface area contributed by atoms with Crippen LogP contribution in [0, 0.1) is 0 Å². The summed E-state index contributed by atoms with van der Waals surface area (Å²) in [5.74, 6) is 1.50. The van der Waals surface area contributed by atoms with E-state index in [0.29, 0.717) is 5.82 Å². The Morgan fingerprint density at radius 3 is 2.67 bits per heavy atom. The molecule has 0 atom stereocenters. The summed E-state index contributed by atoms with van der Waals surface area (Å²) in [5, 5.41) is 2.94. The highest BCUT2D eigenvalue weighted by molar-refractivity contribution is 9.10. The summed E-state index contributed by atoms with van der Waals surface area (Å²) in [6.45, 7) is 0. The number of nitrogen functional groups attached to an aromatic ring is 1. The van der Waals surface area contributed by atoms with Gasteiger partial charge in [-0.15, -0.1) is 23.1 Å². The zero-order valence-electron chi connectivity index (χ0n) is 7.81. The fraction of sp³-hybridized carbons (Fsp3) is 0.100. The number of halogens is 1. The Kier molecular flexibility index (Phi) is 3.66. The van der Waals surface area contributed by atoms with Crippen LogP contribution in [0.2, 0.25) is 0 Å². The number of hydrogen-bond donors (Lipinski definition) is 1. The van der Waals surface area contributed by atoms with Gasteiger partial charge in [-0.25, -0.2) is 4.98 Å². The van der Waals surface area contributed by atoms with Crippen molar-refractivity contribution in [2.24, 2.45) is 0 Å². The van der Waals surface area contributed by atoms with Gasteiger partial charge in [-0.05, 0) is 24.3 Å². The highest BCUT2D eigenvalue weighted by Crippen LogP contribution is 2.25. The first-order chi connectivity index (χ1) is 7.24. The zero-order chi connectivity index (χ0) is 10.7. The molecule has 1 aromatic heterocycles. The monoisotopic (exact) mass is 300 g/mol. The van der Waals surface area contributed by atoms with Crippen molar-refractivity contribution in [2.45, 2.75) is 10.6 Å². The summed E-state index contributed by atoms with van der Waals surface area (Å²) in [6, 6.07) is 8.26. The van der Waals surface area contributed by atoms with Gasteiger partial charge in [0.1, 0.15) is 10.8 Å². The van der Waals surface area contributed by atoms with E-state index in [9.17, 15) is 0 Å². The molecule has 0 aliphatic carbocycles. The molecule has 0 radical (unpaired) electrons. The van der Waals surface area contributed by atoms with Crippen molar-refractivity contribution in [3.8, 4) is 0 Å². The van der Waals surface area contributed by atoms with E-state index in [4.69, 9.17) is 5.73 Å². The lowest BCUT2D eigenvalue weighted by atomic mass is 10.4. The summed E-state index contributed by atoms with van der Waals surface area (Å²) in [7, 11) is 0. The molecular formula is C10H9BrN2S2. The van der Waals surface area contributed by atoms with Gasteiger partial charge in [-0.3, -0.25) is 0 Å². The summed E-state index contributed by atoms with van der Waals surface area (Å²) < 4.78 is 1.10. The van der Waals surface area contributed by atoms with Gasteiger partial charge in [-0.2, -0.15) is 0 Å². The molecule has 1 heterocycles. The molecule has 0 unspecified atom stereocenters. The van der Waals surface area contributed by atoms with Gasteiger partial charge in [0.2, 0.25) is 0 Å². The van der Waals surface area contributed by atoms with Crippen molar-refractivity contribution in [2.75, 3.05) is 5.73 Å². The van der Waals surface area contributed by atoms with E-state index < -0.39 is 0 Å². The quantitative estimate of drug-likeness (QED) is 0.877. The maximum absolute atomic E-state index is 5.55. The number of benzene rings is 1. The Morgan fingerprint density at radius 2 is 2.07 bits per heavy atom. The Balaban J connectivity index is 1.96. The largest absolute Gasteiger partial charge is 0.383 e. The lowest BCUT2D eigenvalue weighted by Gasteiger charge is -1.98. The third kappa shape index (κ3) is 3.22. The lowest BCUT2D eigenvalue weighted by Crippen LogP contribution is -1.84. The third-order valence-electron chi connectivity index (χ3n) is 1.75. The van der Waals surface area contributed by atoms with E-state index in [1.54, 1.807) is 23.1 Å². The average Bonchev–Trinajstić information content (AvgIpc) is 2.64. The molecule has 0 saturated carbocycles. The van der Waals surface area contributed by atoms with Crippen molar-refractivity contribution < 1.29 is 0 Å². The minimum absolute atomic E-state index is 0.617. The minimum Gasteiger partial charge on any atom is -0.383 e. The molecular weight excluding hydrogens is 292 g/mol. The van der Waals surface area contributed by atoms with E-state index in [1.165, 1.54) is 4.90 Å². The summed E-state index contributed by atoms with van der Waals surface area (Å²) in [6.07, 6.45) is 0. The predicted octanol–water partition coefficient (Wildman–Crippen LogP) is 3.78. The molecule has 0 amide bonds. The van der Waals surface area contributed by atoms with Gasteiger partial charge < -0.3 is 5.73 Å². The van der Waals surface area contributed by atoms with Crippen LogP contribution in [0.15, 0.2) is 39.0 Å². The van der Waals surface area contributed by atoms with Gasteiger partial charge >= 0.3 is 0 Å². The maximum Gasteiger partial charge on any atom is 0.134 e. The van der Waals surface area contributed by atoms with Gasteiger partial charge in [0, 0.05) is 14.7 Å². The van der Waals surface area contributed by atoms with Gasteiger partial charge in [0.05, 0.1) is 5.75 Å². The number of rotatable bonds is 3. The molecule has 0 aliphatic rings. The first kappa shape index (κ1) is 11.0. The van der Waals surface area contributed by atoms with Crippen LogP contribution in [-0.4, -0.2) is 4.98 Å². The average molecular weight is 301 g/mol. The van der Waals surface area contributed by atoms with Crippen LogP contribution in [0.3, 0.4) is 0 Å². The maximum atomic E-state index is 5.55. The van der Waals surface area contributed by atoms with E-state index in [1.807, 2.05) is 17.5 Å². The number of aromatic nitrogens is 1. The van der Waals surface area contributed by atoms with Crippen LogP contribution in [0.1, 0.15) is 5.01 Å². The molecule has 0 saturated heterocycles. The molecule has 5 heteroatoms. The number of thiazole rings is 1. The van der Waals surface area contributed by atoms with E-state index in [0.717, 1.165) is 15.2 Å². The molecule has 2 aromatic rings. The first-order valence-electron chi connectivity index (χ1n) is 4.32. The molecule has 15 heavy (non-hydrogen) atoms. The molecule has 0 spiro atoms. The highest BCUT2D eigenvalue weighted by Gasteiger charge is 2.00. The summed E-state index contributed by atoms with van der Waals surface area (Å²) >= 11 is 6.78. The van der Waals surface area contributed by atoms with Gasteiger partial charge in [0.25, 0.3) is 0 Å². The topological polar surface area (TPSA) is 38.9 Å². The predicted molar refractivity (Wildman–Crippen MR) is 70.2 cm³/mol. The fourth-order valence-electron chi connectivity index (χ4n) is 1.07. The number of nitrogens with zero attached hydrogens (tertiary/aromatic N) is 1. The minimum atomic E-state index is 0.617. The van der Waals surface area contributed by atoms with E-state index in [2.05, 4.69) is 33.0 Å². The number of thioether (sulfide) groups is 1. The normalized spacial score (nSPS) is 10.5. The number of hydrogen-bond acceptors (Lipinski definition) is 4. The van der Waals surface area contributed by atoms with Crippen LogP contribution < -0.4 is 5.73 Å². The van der Waals surface area contributed by atoms with Crippen molar-refractivity contribution >= 4 is 44.8 Å². The van der Waals surface area contributed by atoms with Crippen LogP contribution in [0.25, 0.3) is 0 Å². The van der Waals surface area contributed by atoms with E-state index >= 15 is 0 Å². The molecule has 0 bridgehead atoms. The SMILES string of the molecule is Nc1csc(CSc2ccc(Br)cc2)n1. The molecule has 78 valence electrons. The van der Waals surface area contributed by atoms with Crippen LogP contribution in [-0.2, 0) is 5.75 Å². The summed E-state index contributed by atoms with van der Waals surface area (Å²) in [5.41, 5.74) is 5.55. The van der Waals surface area contributed by atoms with Crippen molar-refractivity contribution in [3.63, 3.8) is 0 Å². The molecule has 2 N–H and O–H groups in total. The summed E-state index contributed by atoms with van der Waals surface area (Å²) in [4.78, 5) is 5.45. The standard InChI is InChI=1S/C10H9BrN2S2/c11-7-1-3-8(4-2-7)14-6-10-13-9(12)5-15-10/h1-5H,6,12H2. The zero-order valence-corrected chi connectivity index (χ0v) is 11.0. The van der Waals surface area contributed by atoms with Crippen molar-refractivity contribution in [1.82, 2.24) is 4.98 Å². The van der Waals surface area contributed by atoms with Gasteiger partial charge in [0.15, 0.2) is 0 Å². The second-order valence-corrected chi connectivity index (χ2v) is 5.82. The van der Waals surface area contributed by atoms with E-state index in [-0.39, 0.29) is 0 Å². The number of nitrogens with two attached hydrogens (primary N) is 1. The molecule has 1 aromatic carbocycles. The van der Waals surface area contributed by atoms with Crippen LogP contribution in [0.4, 0.5) is 5.82 Å². The molecule has 2 rings (SSSR count). The van der Waals surface area contributed by atoms with Gasteiger partial charge in [-0.1, -0.05) is 15.9 Å². The second-order valence-electron chi connectivity index (χ2n) is 2.91. The fourth-order valence-corrected chi connectivity index (χ4v) is 2.93. The highest BCUT2D eigenvalue weighted by atomic mass is 79.9. The number of anilines is 1. The first-order valence-corrected chi connectivity index (χ1v) is 6.98. The Morgan fingerprint density at radius 1 is 1.33 bits per heavy atom. The van der Waals surface area contributed by atoms with Crippen LogP contribution in [0.5, 0.6) is 0 Å². The van der Waals surface area contributed by atoms with Crippen LogP contribution >= 0.6 is 39.0 Å². The third-order valence-corrected chi connectivity index (χ3v) is 4.35.